The third-order valence-electron chi connectivity index (χ3n) is 1.81. The highest BCUT2D eigenvalue weighted by Crippen LogP contribution is 2.02. The smallest absolute Gasteiger partial charge is 0.0929 e. The van der Waals surface area contributed by atoms with Crippen LogP contribution < -0.4 is 0 Å². The molecule has 0 rings (SSSR count). The van der Waals surface area contributed by atoms with E-state index in [0.717, 1.165) is 30.8 Å². The summed E-state index contributed by atoms with van der Waals surface area (Å²) < 4.78 is 5.47. The minimum Gasteiger partial charge on any atom is -0.498 e. The monoisotopic (exact) mass is 192 g/mol. The highest BCUT2D eigenvalue weighted by Gasteiger charge is 1.88. The Hall–Kier alpha value is -1.24. The molecule has 0 atom stereocenters. The Morgan fingerprint density at radius 3 is 2.36 bits per heavy atom. The second-order valence-electron chi connectivity index (χ2n) is 3.05. The standard InChI is InChI=1S/C13H20O/c1-5-8-11-14-12(4)9-10-13(6-2)7-3/h6-7,9-10H,2-3,5,8,11H2,1,4H3/b12-9+. The zero-order valence-corrected chi connectivity index (χ0v) is 9.25. The molecule has 0 fully saturated rings. The lowest BCUT2D eigenvalue weighted by Gasteiger charge is -2.03. The van der Waals surface area contributed by atoms with Crippen LogP contribution in [0.2, 0.25) is 0 Å². The minimum atomic E-state index is 0.796. The highest BCUT2D eigenvalue weighted by molar-refractivity contribution is 5.31. The van der Waals surface area contributed by atoms with Gasteiger partial charge in [0.05, 0.1) is 12.4 Å². The second-order valence-corrected chi connectivity index (χ2v) is 3.05. The third kappa shape index (κ3) is 6.30. The van der Waals surface area contributed by atoms with Crippen molar-refractivity contribution in [2.45, 2.75) is 26.7 Å². The van der Waals surface area contributed by atoms with E-state index in [1.807, 2.05) is 19.1 Å². The van der Waals surface area contributed by atoms with Gasteiger partial charge < -0.3 is 4.74 Å². The van der Waals surface area contributed by atoms with E-state index in [0.29, 0.717) is 0 Å². The maximum absolute atomic E-state index is 5.47. The molecule has 0 aliphatic carbocycles. The summed E-state index contributed by atoms with van der Waals surface area (Å²) in [5.41, 5.74) is 1.00. The summed E-state index contributed by atoms with van der Waals surface area (Å²) in [6.07, 6.45) is 9.68. The number of unbranched alkanes of at least 4 members (excludes halogenated alkanes) is 1. The first-order valence-electron chi connectivity index (χ1n) is 5.00. The average Bonchev–Trinajstić information content (AvgIpc) is 2.20. The topological polar surface area (TPSA) is 9.23 Å². The second kappa shape index (κ2) is 8.36. The van der Waals surface area contributed by atoms with Crippen LogP contribution in [0.3, 0.4) is 0 Å². The maximum atomic E-state index is 5.47. The fraction of sp³-hybridized carbons (Fsp3) is 0.385. The van der Waals surface area contributed by atoms with Gasteiger partial charge in [0, 0.05) is 0 Å². The largest absolute Gasteiger partial charge is 0.498 e. The molecule has 0 aromatic rings. The van der Waals surface area contributed by atoms with E-state index in [-0.39, 0.29) is 0 Å². The van der Waals surface area contributed by atoms with Gasteiger partial charge in [-0.05, 0) is 25.0 Å². The molecule has 0 saturated heterocycles. The summed E-state index contributed by atoms with van der Waals surface area (Å²) in [4.78, 5) is 0. The molecule has 0 aromatic heterocycles. The molecule has 1 heteroatoms. The molecule has 1 nitrogen and oxygen atoms in total. The Kier molecular flexibility index (Phi) is 7.62. The number of ether oxygens (including phenoxy) is 1. The minimum absolute atomic E-state index is 0.796. The Morgan fingerprint density at radius 2 is 1.86 bits per heavy atom. The van der Waals surface area contributed by atoms with E-state index in [9.17, 15) is 0 Å². The zero-order valence-electron chi connectivity index (χ0n) is 9.25. The van der Waals surface area contributed by atoms with Gasteiger partial charge in [0.1, 0.15) is 0 Å². The Morgan fingerprint density at radius 1 is 1.21 bits per heavy atom. The van der Waals surface area contributed by atoms with Crippen LogP contribution in [-0.2, 0) is 4.74 Å². The van der Waals surface area contributed by atoms with Crippen LogP contribution in [0.25, 0.3) is 0 Å². The van der Waals surface area contributed by atoms with Crippen molar-refractivity contribution in [1.82, 2.24) is 0 Å². The van der Waals surface area contributed by atoms with Gasteiger partial charge in [-0.3, -0.25) is 0 Å². The van der Waals surface area contributed by atoms with Gasteiger partial charge in [-0.2, -0.15) is 0 Å². The van der Waals surface area contributed by atoms with Crippen molar-refractivity contribution in [3.63, 3.8) is 0 Å². The van der Waals surface area contributed by atoms with Crippen molar-refractivity contribution in [3.05, 3.63) is 48.8 Å². The quantitative estimate of drug-likeness (QED) is 0.336. The van der Waals surface area contributed by atoms with Crippen LogP contribution in [0.15, 0.2) is 48.8 Å². The Labute approximate surface area is 87.5 Å². The summed E-state index contributed by atoms with van der Waals surface area (Å²) >= 11 is 0. The van der Waals surface area contributed by atoms with E-state index >= 15 is 0 Å². The molecule has 0 spiro atoms. The normalized spacial score (nSPS) is 10.6. The van der Waals surface area contributed by atoms with Gasteiger partial charge in [0.25, 0.3) is 0 Å². The lowest BCUT2D eigenvalue weighted by Crippen LogP contribution is -1.90. The van der Waals surface area contributed by atoms with Crippen molar-refractivity contribution in [3.8, 4) is 0 Å². The maximum Gasteiger partial charge on any atom is 0.0929 e. The lowest BCUT2D eigenvalue weighted by molar-refractivity contribution is 0.209. The van der Waals surface area contributed by atoms with Gasteiger partial charge in [0.2, 0.25) is 0 Å². The van der Waals surface area contributed by atoms with Crippen molar-refractivity contribution in [2.24, 2.45) is 0 Å². The summed E-state index contributed by atoms with van der Waals surface area (Å²) in [6, 6.07) is 0. The van der Waals surface area contributed by atoms with Crippen LogP contribution in [0, 0.1) is 0 Å². The van der Waals surface area contributed by atoms with Gasteiger partial charge in [-0.1, -0.05) is 44.7 Å². The highest BCUT2D eigenvalue weighted by atomic mass is 16.5. The predicted molar refractivity (Wildman–Crippen MR) is 63.1 cm³/mol. The third-order valence-corrected chi connectivity index (χ3v) is 1.81. The van der Waals surface area contributed by atoms with Crippen LogP contribution in [0.4, 0.5) is 0 Å². The summed E-state index contributed by atoms with van der Waals surface area (Å²) in [7, 11) is 0. The Bertz CT molecular complexity index is 224. The summed E-state index contributed by atoms with van der Waals surface area (Å²) in [6.45, 7) is 12.3. The number of hydrogen-bond donors (Lipinski definition) is 0. The molecule has 0 aliphatic heterocycles. The van der Waals surface area contributed by atoms with Crippen LogP contribution >= 0.6 is 0 Å². The number of allylic oxidation sites excluding steroid dienone is 6. The fourth-order valence-corrected chi connectivity index (χ4v) is 0.859. The lowest BCUT2D eigenvalue weighted by atomic mass is 10.2. The Balaban J connectivity index is 4.02. The summed E-state index contributed by atoms with van der Waals surface area (Å²) in [5.74, 6) is 0.930. The van der Waals surface area contributed by atoms with Crippen molar-refractivity contribution in [1.29, 1.82) is 0 Å². The molecule has 0 heterocycles. The van der Waals surface area contributed by atoms with Gasteiger partial charge in [-0.15, -0.1) is 0 Å². The summed E-state index contributed by atoms with van der Waals surface area (Å²) in [5, 5.41) is 0. The molecular formula is C13H20O. The molecular weight excluding hydrogens is 172 g/mol. The number of rotatable bonds is 7. The van der Waals surface area contributed by atoms with Crippen LogP contribution in [-0.4, -0.2) is 6.61 Å². The molecule has 0 bridgehead atoms. The SMILES string of the molecule is C=CC(C=C)=C/C=C(\C)OCCCC. The van der Waals surface area contributed by atoms with Crippen molar-refractivity contribution in [2.75, 3.05) is 6.61 Å². The molecule has 0 aromatic carbocycles. The molecule has 14 heavy (non-hydrogen) atoms. The van der Waals surface area contributed by atoms with Crippen LogP contribution in [0.5, 0.6) is 0 Å². The van der Waals surface area contributed by atoms with Gasteiger partial charge in [-0.25, -0.2) is 0 Å². The first-order valence-corrected chi connectivity index (χ1v) is 5.00. The molecule has 0 saturated carbocycles. The first-order chi connectivity index (χ1) is 6.74. The predicted octanol–water partition coefficient (Wildman–Crippen LogP) is 4.01. The van der Waals surface area contributed by atoms with Crippen molar-refractivity contribution < 1.29 is 4.74 Å². The van der Waals surface area contributed by atoms with Gasteiger partial charge in [0.15, 0.2) is 0 Å². The van der Waals surface area contributed by atoms with Gasteiger partial charge >= 0.3 is 0 Å². The molecule has 0 unspecified atom stereocenters. The molecule has 0 N–H and O–H groups in total. The molecule has 0 amide bonds. The number of hydrogen-bond acceptors (Lipinski definition) is 1. The van der Waals surface area contributed by atoms with E-state index < -0.39 is 0 Å². The first kappa shape index (κ1) is 12.8. The molecule has 0 radical (unpaired) electrons. The van der Waals surface area contributed by atoms with Crippen LogP contribution in [0.1, 0.15) is 26.7 Å². The molecule has 78 valence electrons. The van der Waals surface area contributed by atoms with E-state index in [4.69, 9.17) is 4.74 Å². The fourth-order valence-electron chi connectivity index (χ4n) is 0.859. The average molecular weight is 192 g/mol. The van der Waals surface area contributed by atoms with E-state index in [1.165, 1.54) is 0 Å². The van der Waals surface area contributed by atoms with Crippen molar-refractivity contribution >= 4 is 0 Å². The van der Waals surface area contributed by atoms with E-state index in [2.05, 4.69) is 20.1 Å². The molecule has 0 aliphatic rings. The van der Waals surface area contributed by atoms with E-state index in [1.54, 1.807) is 12.2 Å². The zero-order chi connectivity index (χ0) is 10.8.